The summed E-state index contributed by atoms with van der Waals surface area (Å²) in [5, 5.41) is 22.5. The lowest BCUT2D eigenvalue weighted by molar-refractivity contribution is -0.384. The molecule has 1 fully saturated rings. The number of aliphatic carboxylic acids is 1. The monoisotopic (exact) mass is 343 g/mol. The summed E-state index contributed by atoms with van der Waals surface area (Å²) in [5.74, 6) is -1.31. The van der Waals surface area contributed by atoms with Gasteiger partial charge in [-0.25, -0.2) is 0 Å². The number of hydrogen-bond donors (Lipinski definition) is 2. The van der Waals surface area contributed by atoms with Crippen molar-refractivity contribution in [3.05, 3.63) is 33.9 Å². The van der Waals surface area contributed by atoms with Crippen LogP contribution in [0.15, 0.2) is 18.2 Å². The lowest BCUT2D eigenvalue weighted by Crippen LogP contribution is -2.41. The molecule has 1 saturated heterocycles. The van der Waals surface area contributed by atoms with Gasteiger partial charge in [-0.05, 0) is 31.9 Å². The van der Waals surface area contributed by atoms with Crippen molar-refractivity contribution >= 4 is 35.7 Å². The molecule has 126 valence electrons. The number of carboxylic acids is 1. The summed E-state index contributed by atoms with van der Waals surface area (Å²) in [6.45, 7) is 2.24. The van der Waals surface area contributed by atoms with Crippen LogP contribution in [0, 0.1) is 17.0 Å². The van der Waals surface area contributed by atoms with Gasteiger partial charge in [-0.3, -0.25) is 24.6 Å². The Labute approximate surface area is 139 Å². The Hall–Kier alpha value is -2.19. The third-order valence-electron chi connectivity index (χ3n) is 3.70. The molecule has 2 N–H and O–H groups in total. The molecule has 1 amide bonds. The van der Waals surface area contributed by atoms with E-state index < -0.39 is 16.9 Å². The maximum absolute atomic E-state index is 12.1. The number of carbonyl (C=O) groups excluding carboxylic acids is 1. The fraction of sp³-hybridized carbons (Fsp3) is 0.429. The molecule has 8 nitrogen and oxygen atoms in total. The van der Waals surface area contributed by atoms with Crippen LogP contribution in [0.3, 0.4) is 0 Å². The number of anilines is 1. The molecule has 23 heavy (non-hydrogen) atoms. The van der Waals surface area contributed by atoms with Crippen molar-refractivity contribution in [3.63, 3.8) is 0 Å². The van der Waals surface area contributed by atoms with Gasteiger partial charge < -0.3 is 10.4 Å². The van der Waals surface area contributed by atoms with Crippen molar-refractivity contribution in [3.8, 4) is 0 Å². The van der Waals surface area contributed by atoms with Crippen molar-refractivity contribution in [2.75, 3.05) is 18.4 Å². The second kappa shape index (κ2) is 7.89. The number of amides is 1. The SMILES string of the molecule is Cc1ccc([N+](=O)[O-])cc1NC(=O)CN1CCCC1C(=O)O.Cl. The maximum Gasteiger partial charge on any atom is 0.320 e. The molecular weight excluding hydrogens is 326 g/mol. The van der Waals surface area contributed by atoms with Crippen LogP contribution in [-0.2, 0) is 9.59 Å². The first-order chi connectivity index (χ1) is 10.4. The zero-order valence-electron chi connectivity index (χ0n) is 12.5. The van der Waals surface area contributed by atoms with Crippen LogP contribution in [0.25, 0.3) is 0 Å². The average Bonchev–Trinajstić information content (AvgIpc) is 2.89. The zero-order valence-corrected chi connectivity index (χ0v) is 13.3. The molecule has 9 heteroatoms. The number of likely N-dealkylation sites (tertiary alicyclic amines) is 1. The third-order valence-corrected chi connectivity index (χ3v) is 3.70. The van der Waals surface area contributed by atoms with Crippen molar-refractivity contribution in [2.45, 2.75) is 25.8 Å². The standard InChI is InChI=1S/C14H17N3O5.ClH/c1-9-4-5-10(17(21)22)7-11(9)15-13(18)8-16-6-2-3-12(16)14(19)20;/h4-5,7,12H,2-3,6,8H2,1H3,(H,15,18)(H,19,20);1H. The second-order valence-electron chi connectivity index (χ2n) is 5.27. The normalized spacial score (nSPS) is 17.3. The summed E-state index contributed by atoms with van der Waals surface area (Å²) in [6.07, 6.45) is 1.26. The highest BCUT2D eigenvalue weighted by molar-refractivity contribution is 5.93. The maximum atomic E-state index is 12.1. The highest BCUT2D eigenvalue weighted by Crippen LogP contribution is 2.22. The van der Waals surface area contributed by atoms with E-state index in [0.717, 1.165) is 6.42 Å². The third kappa shape index (κ3) is 4.64. The quantitative estimate of drug-likeness (QED) is 0.622. The highest BCUT2D eigenvalue weighted by atomic mass is 35.5. The average molecular weight is 344 g/mol. The van der Waals surface area contributed by atoms with Gasteiger partial charge in [0.2, 0.25) is 5.91 Å². The van der Waals surface area contributed by atoms with Crippen LogP contribution < -0.4 is 5.32 Å². The van der Waals surface area contributed by atoms with Gasteiger partial charge in [0, 0.05) is 12.1 Å². The van der Waals surface area contributed by atoms with Gasteiger partial charge in [-0.2, -0.15) is 0 Å². The first-order valence-electron chi connectivity index (χ1n) is 6.90. The van der Waals surface area contributed by atoms with Crippen LogP contribution in [0.2, 0.25) is 0 Å². The Bertz CT molecular complexity index is 622. The van der Waals surface area contributed by atoms with Gasteiger partial charge >= 0.3 is 5.97 Å². The van der Waals surface area contributed by atoms with E-state index in [9.17, 15) is 19.7 Å². The van der Waals surface area contributed by atoms with Gasteiger partial charge in [-0.15, -0.1) is 12.4 Å². The predicted octanol–water partition coefficient (Wildman–Crippen LogP) is 1.81. The number of rotatable bonds is 5. The number of carboxylic acid groups (broad SMARTS) is 1. The van der Waals surface area contributed by atoms with E-state index in [1.165, 1.54) is 12.1 Å². The minimum absolute atomic E-state index is 0. The second-order valence-corrected chi connectivity index (χ2v) is 5.27. The lowest BCUT2D eigenvalue weighted by Gasteiger charge is -2.20. The summed E-state index contributed by atoms with van der Waals surface area (Å²) in [7, 11) is 0. The number of aryl methyl sites for hydroxylation is 1. The predicted molar refractivity (Wildman–Crippen MR) is 85.9 cm³/mol. The van der Waals surface area contributed by atoms with Crippen LogP contribution >= 0.6 is 12.4 Å². The number of nitro groups is 1. The molecule has 0 radical (unpaired) electrons. The number of carbonyl (C=O) groups is 2. The minimum Gasteiger partial charge on any atom is -0.480 e. The van der Waals surface area contributed by atoms with Crippen molar-refractivity contribution in [1.29, 1.82) is 0 Å². The molecule has 1 heterocycles. The first kappa shape index (κ1) is 18.9. The minimum atomic E-state index is -0.933. The number of non-ortho nitro benzene ring substituents is 1. The van der Waals surface area contributed by atoms with Gasteiger partial charge in [0.1, 0.15) is 6.04 Å². The first-order valence-corrected chi connectivity index (χ1v) is 6.90. The summed E-state index contributed by atoms with van der Waals surface area (Å²) < 4.78 is 0. The molecule has 1 aliphatic heterocycles. The molecule has 2 rings (SSSR count). The zero-order chi connectivity index (χ0) is 16.3. The molecule has 1 aliphatic rings. The number of nitro benzene ring substituents is 1. The molecule has 0 aliphatic carbocycles. The Balaban J connectivity index is 0.00000264. The fourth-order valence-electron chi connectivity index (χ4n) is 2.53. The Morgan fingerprint density at radius 2 is 2.17 bits per heavy atom. The Kier molecular flexibility index (Phi) is 6.47. The van der Waals surface area contributed by atoms with E-state index in [1.54, 1.807) is 17.9 Å². The molecule has 0 aromatic heterocycles. The van der Waals surface area contributed by atoms with Crippen LogP contribution in [0.4, 0.5) is 11.4 Å². The van der Waals surface area contributed by atoms with Gasteiger partial charge in [0.15, 0.2) is 0 Å². The number of benzene rings is 1. The lowest BCUT2D eigenvalue weighted by atomic mass is 10.2. The summed E-state index contributed by atoms with van der Waals surface area (Å²) in [4.78, 5) is 35.0. The van der Waals surface area contributed by atoms with Crippen LogP contribution in [0.5, 0.6) is 0 Å². The van der Waals surface area contributed by atoms with Crippen LogP contribution in [0.1, 0.15) is 18.4 Å². The van der Waals surface area contributed by atoms with Crippen LogP contribution in [-0.4, -0.2) is 45.9 Å². The van der Waals surface area contributed by atoms with E-state index in [1.807, 2.05) is 0 Å². The number of nitrogens with one attached hydrogen (secondary N) is 1. The number of hydrogen-bond acceptors (Lipinski definition) is 5. The van der Waals surface area contributed by atoms with Crippen molar-refractivity contribution in [2.24, 2.45) is 0 Å². The van der Waals surface area contributed by atoms with E-state index in [2.05, 4.69) is 5.32 Å². The summed E-state index contributed by atoms with van der Waals surface area (Å²) in [5.41, 5.74) is 0.964. The molecule has 1 atom stereocenters. The van der Waals surface area contributed by atoms with Gasteiger partial charge in [-0.1, -0.05) is 6.07 Å². The smallest absolute Gasteiger partial charge is 0.320 e. The largest absolute Gasteiger partial charge is 0.480 e. The molecule has 0 saturated carbocycles. The Morgan fingerprint density at radius 3 is 2.78 bits per heavy atom. The fourth-order valence-corrected chi connectivity index (χ4v) is 2.53. The summed E-state index contributed by atoms with van der Waals surface area (Å²) >= 11 is 0. The van der Waals surface area contributed by atoms with E-state index in [4.69, 9.17) is 5.11 Å². The number of nitrogens with zero attached hydrogens (tertiary/aromatic N) is 2. The highest BCUT2D eigenvalue weighted by Gasteiger charge is 2.31. The molecule has 1 unspecified atom stereocenters. The Morgan fingerprint density at radius 1 is 1.48 bits per heavy atom. The summed E-state index contributed by atoms with van der Waals surface area (Å²) in [6, 6.07) is 3.58. The molecule has 1 aromatic rings. The van der Waals surface area contributed by atoms with E-state index in [-0.39, 0.29) is 30.5 Å². The topological polar surface area (TPSA) is 113 Å². The number of halogens is 1. The van der Waals surface area contributed by atoms with Gasteiger partial charge in [0.25, 0.3) is 5.69 Å². The molecule has 1 aromatic carbocycles. The van der Waals surface area contributed by atoms with E-state index >= 15 is 0 Å². The molecular formula is C14H18ClN3O5. The van der Waals surface area contributed by atoms with Crippen molar-refractivity contribution < 1.29 is 19.6 Å². The van der Waals surface area contributed by atoms with E-state index in [0.29, 0.717) is 24.2 Å². The van der Waals surface area contributed by atoms with Crippen molar-refractivity contribution in [1.82, 2.24) is 4.90 Å². The van der Waals surface area contributed by atoms with Gasteiger partial charge in [0.05, 0.1) is 17.2 Å². The molecule has 0 spiro atoms. The molecule has 0 bridgehead atoms.